The molecule has 0 radical (unpaired) electrons. The van der Waals surface area contributed by atoms with Crippen LogP contribution in [0.2, 0.25) is 0 Å². The Morgan fingerprint density at radius 1 is 1.12 bits per heavy atom. The Balaban J connectivity index is -0.0000000542. The fourth-order valence-corrected chi connectivity index (χ4v) is 0. The van der Waals surface area contributed by atoms with Crippen molar-refractivity contribution in [1.82, 2.24) is 0 Å². The van der Waals surface area contributed by atoms with Crippen molar-refractivity contribution in [2.45, 2.75) is 0 Å². The van der Waals surface area contributed by atoms with Gasteiger partial charge in [-0.05, 0) is 0 Å². The molecule has 0 amide bonds. The Morgan fingerprint density at radius 2 is 1.25 bits per heavy atom. The van der Waals surface area contributed by atoms with Gasteiger partial charge in [0.15, 0.2) is 0 Å². The standard InChI is InChI=1S/C2H7NO.2C2H4/c3-1-2-4;2*1-2/h4H,1-3H2;2*1-2H2. The van der Waals surface area contributed by atoms with Gasteiger partial charge in [0.05, 0.1) is 6.61 Å². The van der Waals surface area contributed by atoms with Crippen LogP contribution in [-0.2, 0) is 0 Å². The van der Waals surface area contributed by atoms with Crippen LogP contribution >= 0.6 is 0 Å². The van der Waals surface area contributed by atoms with Gasteiger partial charge in [0, 0.05) is 6.54 Å². The summed E-state index contributed by atoms with van der Waals surface area (Å²) in [5, 5.41) is 7.75. The van der Waals surface area contributed by atoms with E-state index in [4.69, 9.17) is 10.8 Å². The van der Waals surface area contributed by atoms with Gasteiger partial charge in [0.2, 0.25) is 0 Å². The van der Waals surface area contributed by atoms with Gasteiger partial charge in [-0.1, -0.05) is 0 Å². The topological polar surface area (TPSA) is 46.2 Å². The van der Waals surface area contributed by atoms with Crippen molar-refractivity contribution in [2.24, 2.45) is 5.73 Å². The average molecular weight is 117 g/mol. The fraction of sp³-hybridized carbons (Fsp3) is 0.333. The Hall–Kier alpha value is -0.600. The molecular weight excluding hydrogens is 102 g/mol. The molecule has 2 heteroatoms. The molecule has 0 aromatic heterocycles. The lowest BCUT2D eigenvalue weighted by Crippen LogP contribution is -2.02. The maximum atomic E-state index is 7.75. The number of nitrogens with two attached hydrogens (primary N) is 1. The maximum absolute atomic E-state index is 7.75. The number of hydrogen-bond donors (Lipinski definition) is 2. The van der Waals surface area contributed by atoms with E-state index in [-0.39, 0.29) is 6.61 Å². The Kier molecular flexibility index (Phi) is 186. The Morgan fingerprint density at radius 3 is 1.25 bits per heavy atom. The van der Waals surface area contributed by atoms with Gasteiger partial charge in [-0.25, -0.2) is 0 Å². The lowest BCUT2D eigenvalue weighted by Gasteiger charge is -1.71. The lowest BCUT2D eigenvalue weighted by atomic mass is 10.8. The van der Waals surface area contributed by atoms with E-state index in [0.29, 0.717) is 6.54 Å². The normalized spacial score (nSPS) is 4.75. The average Bonchev–Trinajstić information content (AvgIpc) is 1.96. The summed E-state index contributed by atoms with van der Waals surface area (Å²) in [6, 6.07) is 0. The molecule has 0 aliphatic rings. The fourth-order valence-electron chi connectivity index (χ4n) is 0. The molecule has 8 heavy (non-hydrogen) atoms. The summed E-state index contributed by atoms with van der Waals surface area (Å²) < 4.78 is 0. The van der Waals surface area contributed by atoms with Crippen molar-refractivity contribution in [3.63, 3.8) is 0 Å². The highest BCUT2D eigenvalue weighted by atomic mass is 16.3. The zero-order chi connectivity index (χ0) is 7.41. The minimum atomic E-state index is 0.0972. The monoisotopic (exact) mass is 117 g/mol. The first-order valence-corrected chi connectivity index (χ1v) is 2.22. The predicted octanol–water partition coefficient (Wildman–Crippen LogP) is 0.542. The van der Waals surface area contributed by atoms with Crippen LogP contribution in [0.15, 0.2) is 26.3 Å². The third-order valence-electron chi connectivity index (χ3n) is 0.129. The number of aliphatic hydroxyl groups is 1. The molecule has 0 rings (SSSR count). The van der Waals surface area contributed by atoms with Crippen LogP contribution < -0.4 is 5.73 Å². The van der Waals surface area contributed by atoms with Gasteiger partial charge in [-0.15, -0.1) is 26.3 Å². The molecule has 0 aliphatic carbocycles. The van der Waals surface area contributed by atoms with E-state index in [1.54, 1.807) is 0 Å². The minimum absolute atomic E-state index is 0.0972. The summed E-state index contributed by atoms with van der Waals surface area (Å²) in [6.45, 7) is 12.5. The molecular formula is C6H15NO. The summed E-state index contributed by atoms with van der Waals surface area (Å²) in [5.74, 6) is 0. The highest BCUT2D eigenvalue weighted by Crippen LogP contribution is 1.33. The Labute approximate surface area is 51.3 Å². The summed E-state index contributed by atoms with van der Waals surface area (Å²) >= 11 is 0. The highest BCUT2D eigenvalue weighted by Gasteiger charge is 1.56. The van der Waals surface area contributed by atoms with Crippen molar-refractivity contribution < 1.29 is 5.11 Å². The van der Waals surface area contributed by atoms with Gasteiger partial charge in [0.25, 0.3) is 0 Å². The molecule has 0 saturated heterocycles. The van der Waals surface area contributed by atoms with E-state index in [9.17, 15) is 0 Å². The third kappa shape index (κ3) is 653. The van der Waals surface area contributed by atoms with Crippen LogP contribution in [-0.4, -0.2) is 18.3 Å². The molecule has 0 heterocycles. The van der Waals surface area contributed by atoms with Crippen LogP contribution in [0.3, 0.4) is 0 Å². The van der Waals surface area contributed by atoms with Crippen LogP contribution in [0.1, 0.15) is 0 Å². The molecule has 50 valence electrons. The molecule has 0 aromatic rings. The van der Waals surface area contributed by atoms with E-state index >= 15 is 0 Å². The molecule has 0 spiro atoms. The van der Waals surface area contributed by atoms with Crippen molar-refractivity contribution in [3.05, 3.63) is 26.3 Å². The summed E-state index contributed by atoms with van der Waals surface area (Å²) in [7, 11) is 0. The molecule has 0 atom stereocenters. The van der Waals surface area contributed by atoms with Crippen LogP contribution in [0, 0.1) is 0 Å². The summed E-state index contributed by atoms with van der Waals surface area (Å²) in [6.07, 6.45) is 0. The van der Waals surface area contributed by atoms with E-state index < -0.39 is 0 Å². The van der Waals surface area contributed by atoms with Crippen molar-refractivity contribution in [2.75, 3.05) is 13.2 Å². The molecule has 0 bridgehead atoms. The van der Waals surface area contributed by atoms with E-state index in [1.165, 1.54) is 0 Å². The van der Waals surface area contributed by atoms with Gasteiger partial charge < -0.3 is 10.8 Å². The number of hydrogen-bond acceptors (Lipinski definition) is 2. The smallest absolute Gasteiger partial charge is 0.0553 e. The number of aliphatic hydroxyl groups excluding tert-OH is 1. The van der Waals surface area contributed by atoms with Crippen molar-refractivity contribution in [3.8, 4) is 0 Å². The Bertz CT molecular complexity index is 20.5. The molecule has 0 fully saturated rings. The van der Waals surface area contributed by atoms with Gasteiger partial charge in [-0.3, -0.25) is 0 Å². The van der Waals surface area contributed by atoms with Crippen LogP contribution in [0.5, 0.6) is 0 Å². The first-order valence-electron chi connectivity index (χ1n) is 2.22. The zero-order valence-corrected chi connectivity index (χ0v) is 5.27. The van der Waals surface area contributed by atoms with E-state index in [0.717, 1.165) is 0 Å². The molecule has 0 unspecified atom stereocenters. The summed E-state index contributed by atoms with van der Waals surface area (Å²) in [4.78, 5) is 0. The quantitative estimate of drug-likeness (QED) is 0.492. The second kappa shape index (κ2) is 95.2. The van der Waals surface area contributed by atoms with Crippen molar-refractivity contribution >= 4 is 0 Å². The third-order valence-corrected chi connectivity index (χ3v) is 0.129. The molecule has 0 aliphatic heterocycles. The minimum Gasteiger partial charge on any atom is -0.395 e. The molecule has 0 aromatic carbocycles. The highest BCUT2D eigenvalue weighted by molar-refractivity contribution is 4.22. The summed E-state index contributed by atoms with van der Waals surface area (Å²) in [5.41, 5.74) is 4.78. The van der Waals surface area contributed by atoms with Crippen LogP contribution in [0.4, 0.5) is 0 Å². The number of rotatable bonds is 1. The van der Waals surface area contributed by atoms with Crippen LogP contribution in [0.25, 0.3) is 0 Å². The SMILES string of the molecule is C=C.C=C.NCCO. The maximum Gasteiger partial charge on any atom is 0.0553 e. The second-order valence-corrected chi connectivity index (χ2v) is 0.512. The first-order chi connectivity index (χ1) is 3.91. The second-order valence-electron chi connectivity index (χ2n) is 0.512. The molecule has 2 nitrogen and oxygen atoms in total. The first kappa shape index (κ1) is 15.7. The van der Waals surface area contributed by atoms with Gasteiger partial charge >= 0.3 is 0 Å². The van der Waals surface area contributed by atoms with E-state index in [1.807, 2.05) is 0 Å². The van der Waals surface area contributed by atoms with E-state index in [2.05, 4.69) is 26.3 Å². The lowest BCUT2D eigenvalue weighted by molar-refractivity contribution is 0.306. The van der Waals surface area contributed by atoms with Gasteiger partial charge in [0.1, 0.15) is 0 Å². The largest absolute Gasteiger partial charge is 0.395 e. The zero-order valence-electron chi connectivity index (χ0n) is 5.27. The predicted molar refractivity (Wildman–Crippen MR) is 38.6 cm³/mol. The van der Waals surface area contributed by atoms with Crippen molar-refractivity contribution in [1.29, 1.82) is 0 Å². The molecule has 3 N–H and O–H groups in total. The van der Waals surface area contributed by atoms with Gasteiger partial charge in [-0.2, -0.15) is 0 Å². The molecule has 0 saturated carbocycles.